The van der Waals surface area contributed by atoms with E-state index in [9.17, 15) is 10.1 Å². The van der Waals surface area contributed by atoms with E-state index in [0.717, 1.165) is 13.1 Å². The Kier molecular flexibility index (Phi) is 3.31. The smallest absolute Gasteiger partial charge is 0.287 e. The van der Waals surface area contributed by atoms with Crippen LogP contribution in [0.2, 0.25) is 0 Å². The first kappa shape index (κ1) is 10.8. The molecular formula is C10H14N4O2. The Morgan fingerprint density at radius 1 is 1.62 bits per heavy atom. The Morgan fingerprint density at radius 3 is 3.06 bits per heavy atom. The molecule has 0 saturated carbocycles. The number of nitrogens with one attached hydrogen (secondary N) is 2. The number of hydrogen-bond donors (Lipinski definition) is 2. The van der Waals surface area contributed by atoms with E-state index in [4.69, 9.17) is 0 Å². The summed E-state index contributed by atoms with van der Waals surface area (Å²) in [6, 6.07) is 3.57. The first-order chi connectivity index (χ1) is 7.75. The molecule has 2 rings (SSSR count). The SMILES string of the molecule is O=[N+]([O-])c1ccc(NCC2CCCN2)nc1. The van der Waals surface area contributed by atoms with Gasteiger partial charge in [0.15, 0.2) is 0 Å². The van der Waals surface area contributed by atoms with Crippen molar-refractivity contribution in [2.24, 2.45) is 0 Å². The molecule has 1 aromatic heterocycles. The van der Waals surface area contributed by atoms with Gasteiger partial charge in [-0.2, -0.15) is 0 Å². The summed E-state index contributed by atoms with van der Waals surface area (Å²) in [6.45, 7) is 1.88. The normalized spacial score (nSPS) is 19.6. The molecule has 0 amide bonds. The van der Waals surface area contributed by atoms with Crippen molar-refractivity contribution >= 4 is 11.5 Å². The van der Waals surface area contributed by atoms with Crippen LogP contribution in [0.15, 0.2) is 18.3 Å². The third-order valence-electron chi connectivity index (χ3n) is 2.65. The lowest BCUT2D eigenvalue weighted by Crippen LogP contribution is -2.29. The molecular weight excluding hydrogens is 208 g/mol. The lowest BCUT2D eigenvalue weighted by molar-refractivity contribution is -0.385. The van der Waals surface area contributed by atoms with Gasteiger partial charge in [-0.15, -0.1) is 0 Å². The van der Waals surface area contributed by atoms with Gasteiger partial charge in [0.05, 0.1) is 4.92 Å². The second kappa shape index (κ2) is 4.89. The summed E-state index contributed by atoms with van der Waals surface area (Å²) in [5.41, 5.74) is 0.0181. The summed E-state index contributed by atoms with van der Waals surface area (Å²) in [5.74, 6) is 0.680. The molecule has 1 saturated heterocycles. The molecule has 1 atom stereocenters. The fourth-order valence-corrected chi connectivity index (χ4v) is 1.76. The molecule has 1 aliphatic rings. The summed E-state index contributed by atoms with van der Waals surface area (Å²) in [7, 11) is 0. The van der Waals surface area contributed by atoms with Crippen LogP contribution in [0.3, 0.4) is 0 Å². The maximum atomic E-state index is 10.4. The summed E-state index contributed by atoms with van der Waals surface area (Å²) < 4.78 is 0. The predicted octanol–water partition coefficient (Wildman–Crippen LogP) is 1.15. The summed E-state index contributed by atoms with van der Waals surface area (Å²) in [5, 5.41) is 16.9. The van der Waals surface area contributed by atoms with Gasteiger partial charge in [0.25, 0.3) is 5.69 Å². The Balaban J connectivity index is 1.87. The van der Waals surface area contributed by atoms with Gasteiger partial charge in [0.1, 0.15) is 12.0 Å². The van der Waals surface area contributed by atoms with Gasteiger partial charge >= 0.3 is 0 Å². The number of pyridine rings is 1. The minimum absolute atomic E-state index is 0.0181. The Bertz CT molecular complexity index is 360. The number of aromatic nitrogens is 1. The molecule has 0 radical (unpaired) electrons. The fourth-order valence-electron chi connectivity index (χ4n) is 1.76. The zero-order valence-corrected chi connectivity index (χ0v) is 8.85. The van der Waals surface area contributed by atoms with E-state index in [2.05, 4.69) is 15.6 Å². The number of nitro groups is 1. The highest BCUT2D eigenvalue weighted by Crippen LogP contribution is 2.12. The van der Waals surface area contributed by atoms with E-state index in [1.807, 2.05) is 0 Å². The lowest BCUT2D eigenvalue weighted by Gasteiger charge is -2.11. The predicted molar refractivity (Wildman–Crippen MR) is 60.4 cm³/mol. The van der Waals surface area contributed by atoms with Gasteiger partial charge in [0.2, 0.25) is 0 Å². The molecule has 16 heavy (non-hydrogen) atoms. The second-order valence-electron chi connectivity index (χ2n) is 3.83. The Hall–Kier alpha value is -1.69. The Labute approximate surface area is 93.2 Å². The van der Waals surface area contributed by atoms with E-state index >= 15 is 0 Å². The number of rotatable bonds is 4. The molecule has 0 aliphatic carbocycles. The van der Waals surface area contributed by atoms with Gasteiger partial charge in [-0.3, -0.25) is 10.1 Å². The van der Waals surface area contributed by atoms with Crippen molar-refractivity contribution in [3.8, 4) is 0 Å². The molecule has 1 aromatic rings. The monoisotopic (exact) mass is 222 g/mol. The molecule has 0 aromatic carbocycles. The molecule has 86 valence electrons. The average molecular weight is 222 g/mol. The molecule has 1 fully saturated rings. The summed E-state index contributed by atoms with van der Waals surface area (Å²) in [6.07, 6.45) is 3.64. The molecule has 1 unspecified atom stereocenters. The average Bonchev–Trinajstić information content (AvgIpc) is 2.80. The maximum absolute atomic E-state index is 10.4. The van der Waals surface area contributed by atoms with E-state index in [0.29, 0.717) is 11.9 Å². The van der Waals surface area contributed by atoms with Gasteiger partial charge in [-0.25, -0.2) is 4.98 Å². The van der Waals surface area contributed by atoms with Gasteiger partial charge in [-0.1, -0.05) is 0 Å². The van der Waals surface area contributed by atoms with Crippen LogP contribution in [0.25, 0.3) is 0 Å². The van der Waals surface area contributed by atoms with Crippen molar-refractivity contribution < 1.29 is 4.92 Å². The molecule has 0 bridgehead atoms. The second-order valence-corrected chi connectivity index (χ2v) is 3.83. The largest absolute Gasteiger partial charge is 0.369 e. The Morgan fingerprint density at radius 2 is 2.50 bits per heavy atom. The maximum Gasteiger partial charge on any atom is 0.287 e. The van der Waals surface area contributed by atoms with Crippen LogP contribution in [-0.4, -0.2) is 29.0 Å². The standard InChI is InChI=1S/C10H14N4O2/c15-14(16)9-3-4-10(13-7-9)12-6-8-2-1-5-11-8/h3-4,7-8,11H,1-2,5-6H2,(H,12,13). The van der Waals surface area contributed by atoms with Gasteiger partial charge in [-0.05, 0) is 25.5 Å². The number of hydrogen-bond acceptors (Lipinski definition) is 5. The number of nitrogens with zero attached hydrogens (tertiary/aromatic N) is 2. The molecule has 6 nitrogen and oxygen atoms in total. The summed E-state index contributed by atoms with van der Waals surface area (Å²) >= 11 is 0. The molecule has 6 heteroatoms. The van der Waals surface area contributed by atoms with E-state index < -0.39 is 4.92 Å². The topological polar surface area (TPSA) is 80.1 Å². The van der Waals surface area contributed by atoms with Crippen LogP contribution < -0.4 is 10.6 Å². The zero-order chi connectivity index (χ0) is 11.4. The lowest BCUT2D eigenvalue weighted by atomic mass is 10.2. The highest BCUT2D eigenvalue weighted by Gasteiger charge is 2.13. The van der Waals surface area contributed by atoms with Crippen molar-refractivity contribution in [3.63, 3.8) is 0 Å². The van der Waals surface area contributed by atoms with Crippen LogP contribution in [-0.2, 0) is 0 Å². The minimum atomic E-state index is -0.449. The van der Waals surface area contributed by atoms with Crippen molar-refractivity contribution in [2.75, 3.05) is 18.4 Å². The van der Waals surface area contributed by atoms with Crippen molar-refractivity contribution in [1.29, 1.82) is 0 Å². The molecule has 2 heterocycles. The van der Waals surface area contributed by atoms with Crippen LogP contribution in [0.4, 0.5) is 11.5 Å². The molecule has 2 N–H and O–H groups in total. The fraction of sp³-hybridized carbons (Fsp3) is 0.500. The first-order valence-corrected chi connectivity index (χ1v) is 5.33. The summed E-state index contributed by atoms with van der Waals surface area (Å²) in [4.78, 5) is 13.9. The highest BCUT2D eigenvalue weighted by atomic mass is 16.6. The van der Waals surface area contributed by atoms with Crippen molar-refractivity contribution in [1.82, 2.24) is 10.3 Å². The quantitative estimate of drug-likeness (QED) is 0.590. The molecule has 0 spiro atoms. The number of anilines is 1. The van der Waals surface area contributed by atoms with E-state index in [1.165, 1.54) is 25.1 Å². The third-order valence-corrected chi connectivity index (χ3v) is 2.65. The van der Waals surface area contributed by atoms with E-state index in [-0.39, 0.29) is 5.69 Å². The van der Waals surface area contributed by atoms with Crippen molar-refractivity contribution in [3.05, 3.63) is 28.4 Å². The van der Waals surface area contributed by atoms with Crippen LogP contribution in [0.1, 0.15) is 12.8 Å². The van der Waals surface area contributed by atoms with Crippen LogP contribution in [0.5, 0.6) is 0 Å². The van der Waals surface area contributed by atoms with Crippen LogP contribution >= 0.6 is 0 Å². The van der Waals surface area contributed by atoms with Crippen LogP contribution in [0, 0.1) is 10.1 Å². The third kappa shape index (κ3) is 2.66. The highest BCUT2D eigenvalue weighted by molar-refractivity contribution is 5.40. The van der Waals surface area contributed by atoms with Crippen molar-refractivity contribution in [2.45, 2.75) is 18.9 Å². The zero-order valence-electron chi connectivity index (χ0n) is 8.85. The molecule has 1 aliphatic heterocycles. The first-order valence-electron chi connectivity index (χ1n) is 5.33. The van der Waals surface area contributed by atoms with Gasteiger partial charge < -0.3 is 10.6 Å². The minimum Gasteiger partial charge on any atom is -0.369 e. The van der Waals surface area contributed by atoms with Gasteiger partial charge in [0, 0.05) is 18.7 Å². The van der Waals surface area contributed by atoms with E-state index in [1.54, 1.807) is 6.07 Å².